The van der Waals surface area contributed by atoms with E-state index in [1.54, 1.807) is 33.8 Å². The van der Waals surface area contributed by atoms with Crippen molar-refractivity contribution in [2.45, 2.75) is 132 Å². The maximum absolute atomic E-state index is 13.9. The van der Waals surface area contributed by atoms with Crippen molar-refractivity contribution in [3.05, 3.63) is 22.0 Å². The molecule has 0 aromatic heterocycles. The summed E-state index contributed by atoms with van der Waals surface area (Å²) < 4.78 is 0. The maximum atomic E-state index is 13.9. The van der Waals surface area contributed by atoms with Crippen LogP contribution in [0.15, 0.2) is 22.0 Å². The highest BCUT2D eigenvalue weighted by molar-refractivity contribution is 8.07. The Bertz CT molecular complexity index is 1170. The quantitative estimate of drug-likeness (QED) is 0.156. The Morgan fingerprint density at radius 2 is 1.52 bits per heavy atom. The van der Waals surface area contributed by atoms with Gasteiger partial charge in [-0.15, -0.1) is 0 Å². The Hall–Kier alpha value is -3.15. The van der Waals surface area contributed by atoms with Gasteiger partial charge in [0.25, 0.3) is 5.91 Å². The number of thioether (sulfide) groups is 1. The lowest BCUT2D eigenvalue weighted by Crippen LogP contribution is -2.61. The van der Waals surface area contributed by atoms with Gasteiger partial charge in [-0.3, -0.25) is 24.0 Å². The van der Waals surface area contributed by atoms with E-state index in [0.29, 0.717) is 30.7 Å². The van der Waals surface area contributed by atoms with Crippen LogP contribution in [0.25, 0.3) is 0 Å². The fraction of sp³-hybridized carbons (Fsp3) is 0.706. The predicted molar refractivity (Wildman–Crippen MR) is 183 cm³/mol. The normalized spacial score (nSPS) is 18.9. The van der Waals surface area contributed by atoms with Crippen molar-refractivity contribution in [2.24, 2.45) is 23.0 Å². The molecule has 2 rings (SSSR count). The number of hydrogen-bond acceptors (Lipinski definition) is 7. The molecule has 0 spiro atoms. The molecule has 2 fully saturated rings. The zero-order valence-electron chi connectivity index (χ0n) is 29.5. The average molecular weight is 664 g/mol. The molecular weight excluding hydrogens is 606 g/mol. The summed E-state index contributed by atoms with van der Waals surface area (Å²) in [6.07, 6.45) is 7.98. The van der Waals surface area contributed by atoms with Gasteiger partial charge in [0.15, 0.2) is 5.78 Å². The first-order valence-electron chi connectivity index (χ1n) is 16.5. The highest BCUT2D eigenvalue weighted by atomic mass is 32.2. The smallest absolute Gasteiger partial charge is 0.316 e. The molecule has 4 atom stereocenters. The monoisotopic (exact) mass is 663 g/mol. The lowest BCUT2D eigenvalue weighted by molar-refractivity contribution is -0.143. The van der Waals surface area contributed by atoms with Gasteiger partial charge in [0, 0.05) is 6.54 Å². The Morgan fingerprint density at radius 3 is 1.98 bits per heavy atom. The van der Waals surface area contributed by atoms with E-state index in [9.17, 15) is 28.8 Å². The van der Waals surface area contributed by atoms with E-state index in [2.05, 4.69) is 29.8 Å². The van der Waals surface area contributed by atoms with Crippen LogP contribution in [0.3, 0.4) is 0 Å². The van der Waals surface area contributed by atoms with Crippen molar-refractivity contribution < 1.29 is 28.8 Å². The Kier molecular flexibility index (Phi) is 16.8. The number of nitrogens with one attached hydrogen (secondary N) is 3. The lowest BCUT2D eigenvalue weighted by atomic mass is 9.85. The third-order valence-corrected chi connectivity index (χ3v) is 9.00. The average Bonchev–Trinajstić information content (AvgIpc) is 3.66. The molecule has 1 saturated heterocycles. The molecule has 46 heavy (non-hydrogen) atoms. The molecule has 0 radical (unpaired) electrons. The molecule has 5 N–H and O–H groups in total. The van der Waals surface area contributed by atoms with Gasteiger partial charge in [0.1, 0.15) is 12.1 Å². The van der Waals surface area contributed by atoms with E-state index in [1.165, 1.54) is 23.1 Å². The van der Waals surface area contributed by atoms with E-state index in [-0.39, 0.29) is 17.6 Å². The lowest BCUT2D eigenvalue weighted by Gasteiger charge is -2.36. The number of allylic oxidation sites excluding steroid dienone is 3. The van der Waals surface area contributed by atoms with Crippen molar-refractivity contribution >= 4 is 47.1 Å². The molecule has 0 aromatic carbocycles. The zero-order chi connectivity index (χ0) is 35.4. The number of likely N-dealkylation sites (tertiary alicyclic amines) is 1. The van der Waals surface area contributed by atoms with E-state index in [0.717, 1.165) is 17.7 Å². The second-order valence-corrected chi connectivity index (χ2v) is 14.8. The van der Waals surface area contributed by atoms with Crippen LogP contribution in [-0.2, 0) is 24.0 Å². The summed E-state index contributed by atoms with van der Waals surface area (Å²) in [6, 6.07) is -4.39. The summed E-state index contributed by atoms with van der Waals surface area (Å²) in [4.78, 5) is 80.7. The third kappa shape index (κ3) is 12.6. The van der Waals surface area contributed by atoms with Crippen LogP contribution in [0.2, 0.25) is 0 Å². The SMILES string of the molecule is C/C=C(/C)S/C(=C/C)C(=O)C(NC(=O)NC(C(=O)N1CCCC1C(=O)NC(CC1CC1)C(=O)C(N)=O)C(C)(C)C)C(C)C.CCC. The molecule has 0 aromatic rings. The highest BCUT2D eigenvalue weighted by Gasteiger charge is 2.43. The van der Waals surface area contributed by atoms with Crippen molar-refractivity contribution in [1.29, 1.82) is 0 Å². The van der Waals surface area contributed by atoms with Crippen LogP contribution in [0.1, 0.15) is 108 Å². The molecule has 1 aliphatic heterocycles. The summed E-state index contributed by atoms with van der Waals surface area (Å²) in [5.41, 5.74) is 4.48. The van der Waals surface area contributed by atoms with E-state index in [4.69, 9.17) is 5.73 Å². The number of nitrogens with zero attached hydrogens (tertiary/aromatic N) is 1. The largest absolute Gasteiger partial charge is 0.363 e. The number of primary amides is 1. The summed E-state index contributed by atoms with van der Waals surface area (Å²) >= 11 is 1.34. The Labute approximate surface area is 279 Å². The summed E-state index contributed by atoms with van der Waals surface area (Å²) in [7, 11) is 0. The molecule has 12 heteroatoms. The Balaban J connectivity index is 0.00000338. The van der Waals surface area contributed by atoms with Crippen LogP contribution in [0, 0.1) is 17.3 Å². The number of urea groups is 1. The fourth-order valence-corrected chi connectivity index (χ4v) is 5.77. The molecule has 1 heterocycles. The van der Waals surface area contributed by atoms with Crippen molar-refractivity contribution in [1.82, 2.24) is 20.9 Å². The number of hydrogen-bond donors (Lipinski definition) is 4. The maximum Gasteiger partial charge on any atom is 0.316 e. The van der Waals surface area contributed by atoms with E-state index >= 15 is 0 Å². The molecular formula is C34H57N5O6S. The minimum absolute atomic E-state index is 0.221. The van der Waals surface area contributed by atoms with Gasteiger partial charge in [0.2, 0.25) is 17.6 Å². The summed E-state index contributed by atoms with van der Waals surface area (Å²) in [6.45, 7) is 19.2. The number of carbonyl (C=O) groups is 6. The van der Waals surface area contributed by atoms with Gasteiger partial charge in [-0.25, -0.2) is 4.79 Å². The number of amides is 5. The standard InChI is InChI=1S/C31H49N5O6S.C3H8/c1-9-18(5)43-22(10-2)25(38)23(17(3)4)34-30(42)35-26(31(6,7)8)29(41)36-15-11-12-21(36)28(40)33-20(16-19-13-14-19)24(37)27(32)39;1-3-2/h9-10,17,19-21,23,26H,11-16H2,1-8H3,(H2,32,39)(H,33,40)(H2,34,35,42);3H2,1-2H3/b18-9-,22-10+;. The zero-order valence-corrected chi connectivity index (χ0v) is 30.3. The van der Waals surface area contributed by atoms with Gasteiger partial charge in [-0.05, 0) is 62.2 Å². The third-order valence-electron chi connectivity index (χ3n) is 7.79. The predicted octanol–water partition coefficient (Wildman–Crippen LogP) is 4.60. The molecule has 5 amide bonds. The first-order chi connectivity index (χ1) is 21.4. The van der Waals surface area contributed by atoms with E-state index in [1.807, 2.05) is 33.8 Å². The topological polar surface area (TPSA) is 168 Å². The highest BCUT2D eigenvalue weighted by Crippen LogP contribution is 2.34. The second kappa shape index (κ2) is 18.9. The van der Waals surface area contributed by atoms with Crippen LogP contribution in [0.4, 0.5) is 4.79 Å². The van der Waals surface area contributed by atoms with Crippen molar-refractivity contribution in [3.63, 3.8) is 0 Å². The van der Waals surface area contributed by atoms with Crippen molar-refractivity contribution in [2.75, 3.05) is 6.54 Å². The molecule has 1 aliphatic carbocycles. The molecule has 4 unspecified atom stereocenters. The summed E-state index contributed by atoms with van der Waals surface area (Å²) in [5, 5.41) is 8.21. The first-order valence-corrected chi connectivity index (χ1v) is 17.3. The molecule has 260 valence electrons. The van der Waals surface area contributed by atoms with Gasteiger partial charge in [-0.2, -0.15) is 0 Å². The number of Topliss-reactive ketones (excluding diaryl/α,β-unsaturated/α-hetero) is 2. The van der Waals surface area contributed by atoms with Crippen LogP contribution >= 0.6 is 11.8 Å². The molecule has 0 bridgehead atoms. The van der Waals surface area contributed by atoms with Crippen LogP contribution < -0.4 is 21.7 Å². The number of carbonyl (C=O) groups excluding carboxylic acids is 6. The minimum atomic E-state index is -1.11. The van der Waals surface area contributed by atoms with Gasteiger partial charge in [0.05, 0.1) is 17.0 Å². The molecule has 2 aliphatic rings. The second-order valence-electron chi connectivity index (χ2n) is 13.5. The minimum Gasteiger partial charge on any atom is -0.363 e. The molecule has 1 saturated carbocycles. The van der Waals surface area contributed by atoms with Gasteiger partial charge in [-0.1, -0.05) is 91.6 Å². The number of rotatable bonds is 14. The number of nitrogens with two attached hydrogens (primary N) is 1. The van der Waals surface area contributed by atoms with Gasteiger partial charge >= 0.3 is 6.03 Å². The van der Waals surface area contributed by atoms with Crippen LogP contribution in [-0.4, -0.2) is 70.9 Å². The fourth-order valence-electron chi connectivity index (χ4n) is 4.96. The van der Waals surface area contributed by atoms with Crippen molar-refractivity contribution in [3.8, 4) is 0 Å². The first kappa shape index (κ1) is 40.9. The van der Waals surface area contributed by atoms with Crippen LogP contribution in [0.5, 0.6) is 0 Å². The van der Waals surface area contributed by atoms with E-state index < -0.39 is 59.1 Å². The number of ketones is 2. The van der Waals surface area contributed by atoms with Gasteiger partial charge < -0.3 is 26.6 Å². The molecule has 11 nitrogen and oxygen atoms in total. The Morgan fingerprint density at radius 1 is 0.935 bits per heavy atom. The summed E-state index contributed by atoms with van der Waals surface area (Å²) in [5.74, 6) is -3.12.